The molecular formula is C15H19ClN2O3S2. The maximum absolute atomic E-state index is 12.5. The van der Waals surface area contributed by atoms with Gasteiger partial charge in [-0.2, -0.15) is 4.31 Å². The Labute approximate surface area is 145 Å². The van der Waals surface area contributed by atoms with Crippen LogP contribution in [-0.2, 0) is 14.8 Å². The fourth-order valence-electron chi connectivity index (χ4n) is 2.99. The number of nitrogens with zero attached hydrogens (tertiary/aromatic N) is 2. The normalized spacial score (nSPS) is 23.2. The van der Waals surface area contributed by atoms with E-state index in [-0.39, 0.29) is 16.0 Å². The summed E-state index contributed by atoms with van der Waals surface area (Å²) in [5.41, 5.74) is 0. The van der Waals surface area contributed by atoms with Gasteiger partial charge in [-0.25, -0.2) is 8.42 Å². The van der Waals surface area contributed by atoms with Crippen LogP contribution in [0.2, 0.25) is 4.34 Å². The maximum Gasteiger partial charge on any atom is 0.252 e. The van der Waals surface area contributed by atoms with Crippen molar-refractivity contribution in [3.05, 3.63) is 28.6 Å². The summed E-state index contributed by atoms with van der Waals surface area (Å²) in [7, 11) is -3.50. The Bertz CT molecular complexity index is 706. The van der Waals surface area contributed by atoms with Crippen LogP contribution in [0.3, 0.4) is 0 Å². The van der Waals surface area contributed by atoms with Crippen molar-refractivity contribution in [1.82, 2.24) is 9.21 Å². The van der Waals surface area contributed by atoms with Crippen LogP contribution in [0.15, 0.2) is 28.5 Å². The molecule has 0 radical (unpaired) electrons. The molecule has 23 heavy (non-hydrogen) atoms. The molecule has 126 valence electrons. The number of thiophene rings is 1. The predicted molar refractivity (Wildman–Crippen MR) is 91.1 cm³/mol. The van der Waals surface area contributed by atoms with Crippen LogP contribution in [-0.4, -0.2) is 49.7 Å². The molecule has 2 aliphatic rings. The summed E-state index contributed by atoms with van der Waals surface area (Å²) in [4.78, 5) is 14.3. The molecule has 0 aromatic carbocycles. The van der Waals surface area contributed by atoms with Gasteiger partial charge in [-0.15, -0.1) is 11.3 Å². The third-order valence-electron chi connectivity index (χ3n) is 4.31. The van der Waals surface area contributed by atoms with Crippen molar-refractivity contribution in [3.8, 4) is 0 Å². The SMILES string of the molecule is O=C(C1CC=CCC1)N1CCN(S(=O)(=O)c2ccc(Cl)s2)CC1. The smallest absolute Gasteiger partial charge is 0.252 e. The summed E-state index contributed by atoms with van der Waals surface area (Å²) in [5.74, 6) is 0.213. The number of allylic oxidation sites excluding steroid dienone is 2. The maximum atomic E-state index is 12.5. The van der Waals surface area contributed by atoms with E-state index in [4.69, 9.17) is 11.6 Å². The van der Waals surface area contributed by atoms with E-state index in [1.165, 1.54) is 10.4 Å². The van der Waals surface area contributed by atoms with E-state index in [2.05, 4.69) is 12.2 Å². The van der Waals surface area contributed by atoms with Gasteiger partial charge in [-0.3, -0.25) is 4.79 Å². The van der Waals surface area contributed by atoms with E-state index in [0.29, 0.717) is 30.5 Å². The molecule has 0 bridgehead atoms. The van der Waals surface area contributed by atoms with Crippen molar-refractivity contribution < 1.29 is 13.2 Å². The molecule has 1 aromatic heterocycles. The molecule has 1 atom stereocenters. The lowest BCUT2D eigenvalue weighted by atomic mass is 9.93. The number of halogens is 1. The van der Waals surface area contributed by atoms with Crippen LogP contribution in [0.5, 0.6) is 0 Å². The molecule has 0 saturated carbocycles. The predicted octanol–water partition coefficient (Wildman–Crippen LogP) is 2.59. The number of hydrogen-bond donors (Lipinski definition) is 0. The quantitative estimate of drug-likeness (QED) is 0.764. The van der Waals surface area contributed by atoms with Gasteiger partial charge in [0.15, 0.2) is 0 Å². The van der Waals surface area contributed by atoms with Crippen LogP contribution in [0, 0.1) is 5.92 Å². The number of amides is 1. The first-order chi connectivity index (χ1) is 11.0. The Morgan fingerprint density at radius 3 is 2.48 bits per heavy atom. The molecule has 5 nitrogen and oxygen atoms in total. The molecule has 1 saturated heterocycles. The van der Waals surface area contributed by atoms with Gasteiger partial charge in [0, 0.05) is 32.1 Å². The number of rotatable bonds is 3. The van der Waals surface area contributed by atoms with Gasteiger partial charge >= 0.3 is 0 Å². The van der Waals surface area contributed by atoms with Crippen molar-refractivity contribution in [2.75, 3.05) is 26.2 Å². The molecule has 1 fully saturated rings. The number of piperazine rings is 1. The summed E-state index contributed by atoms with van der Waals surface area (Å²) >= 11 is 6.90. The highest BCUT2D eigenvalue weighted by molar-refractivity contribution is 7.91. The molecule has 1 aromatic rings. The first kappa shape index (κ1) is 17.0. The highest BCUT2D eigenvalue weighted by Crippen LogP contribution is 2.29. The van der Waals surface area contributed by atoms with Crippen molar-refractivity contribution in [2.24, 2.45) is 5.92 Å². The Morgan fingerprint density at radius 1 is 1.17 bits per heavy atom. The standard InChI is InChI=1S/C15H19ClN2O3S2/c16-13-6-7-14(22-13)23(20,21)18-10-8-17(9-11-18)15(19)12-4-2-1-3-5-12/h1-2,6-7,12H,3-5,8-11H2. The minimum atomic E-state index is -3.50. The van der Waals surface area contributed by atoms with E-state index in [1.807, 2.05) is 0 Å². The minimum absolute atomic E-state index is 0.0549. The lowest BCUT2D eigenvalue weighted by Gasteiger charge is -2.35. The summed E-state index contributed by atoms with van der Waals surface area (Å²) in [6.07, 6.45) is 6.81. The van der Waals surface area contributed by atoms with Gasteiger partial charge in [0.05, 0.1) is 4.34 Å². The first-order valence-electron chi connectivity index (χ1n) is 7.68. The molecule has 1 aliphatic carbocycles. The average molecular weight is 375 g/mol. The number of carbonyl (C=O) groups excluding carboxylic acids is 1. The van der Waals surface area contributed by atoms with Crippen LogP contribution in [0.1, 0.15) is 19.3 Å². The lowest BCUT2D eigenvalue weighted by molar-refractivity contribution is -0.137. The van der Waals surface area contributed by atoms with Crippen LogP contribution >= 0.6 is 22.9 Å². The molecular weight excluding hydrogens is 356 g/mol. The lowest BCUT2D eigenvalue weighted by Crippen LogP contribution is -2.51. The van der Waals surface area contributed by atoms with Crippen LogP contribution in [0.4, 0.5) is 0 Å². The third-order valence-corrected chi connectivity index (χ3v) is 7.91. The largest absolute Gasteiger partial charge is 0.340 e. The van der Waals surface area contributed by atoms with Gasteiger partial charge < -0.3 is 4.90 Å². The molecule has 0 spiro atoms. The van der Waals surface area contributed by atoms with Gasteiger partial charge in [-0.05, 0) is 31.4 Å². The Hall–Kier alpha value is -0.890. The summed E-state index contributed by atoms with van der Waals surface area (Å²) in [6, 6.07) is 3.13. The minimum Gasteiger partial charge on any atom is -0.340 e. The van der Waals surface area contributed by atoms with E-state index in [9.17, 15) is 13.2 Å². The van der Waals surface area contributed by atoms with Crippen LogP contribution < -0.4 is 0 Å². The van der Waals surface area contributed by atoms with Crippen molar-refractivity contribution in [1.29, 1.82) is 0 Å². The Balaban J connectivity index is 1.62. The molecule has 0 N–H and O–H groups in total. The van der Waals surface area contributed by atoms with E-state index >= 15 is 0 Å². The highest BCUT2D eigenvalue weighted by atomic mass is 35.5. The second kappa shape index (κ2) is 6.93. The van der Waals surface area contributed by atoms with Crippen molar-refractivity contribution in [2.45, 2.75) is 23.5 Å². The van der Waals surface area contributed by atoms with E-state index < -0.39 is 10.0 Å². The molecule has 1 amide bonds. The van der Waals surface area contributed by atoms with Gasteiger partial charge in [-0.1, -0.05) is 23.8 Å². The van der Waals surface area contributed by atoms with E-state index in [0.717, 1.165) is 30.6 Å². The summed E-state index contributed by atoms with van der Waals surface area (Å²) in [5, 5.41) is 0. The second-order valence-electron chi connectivity index (χ2n) is 5.77. The fourth-order valence-corrected chi connectivity index (χ4v) is 6.05. The molecule has 1 aliphatic heterocycles. The summed E-state index contributed by atoms with van der Waals surface area (Å²) < 4.78 is 27.3. The number of sulfonamides is 1. The first-order valence-corrected chi connectivity index (χ1v) is 10.3. The fraction of sp³-hybridized carbons (Fsp3) is 0.533. The third kappa shape index (κ3) is 3.63. The monoisotopic (exact) mass is 374 g/mol. The van der Waals surface area contributed by atoms with E-state index in [1.54, 1.807) is 11.0 Å². The van der Waals surface area contributed by atoms with Gasteiger partial charge in [0.2, 0.25) is 5.91 Å². The van der Waals surface area contributed by atoms with Gasteiger partial charge in [0.25, 0.3) is 10.0 Å². The number of hydrogen-bond acceptors (Lipinski definition) is 4. The molecule has 3 rings (SSSR count). The average Bonchev–Trinajstić information content (AvgIpc) is 3.02. The zero-order chi connectivity index (χ0) is 16.4. The Kier molecular flexibility index (Phi) is 5.10. The number of carbonyl (C=O) groups is 1. The van der Waals surface area contributed by atoms with Gasteiger partial charge in [0.1, 0.15) is 4.21 Å². The van der Waals surface area contributed by atoms with Crippen molar-refractivity contribution in [3.63, 3.8) is 0 Å². The van der Waals surface area contributed by atoms with Crippen molar-refractivity contribution >= 4 is 38.9 Å². The highest BCUT2D eigenvalue weighted by Gasteiger charge is 2.33. The molecule has 2 heterocycles. The summed E-state index contributed by atoms with van der Waals surface area (Å²) in [6.45, 7) is 1.59. The van der Waals surface area contributed by atoms with Crippen LogP contribution in [0.25, 0.3) is 0 Å². The zero-order valence-corrected chi connectivity index (χ0v) is 15.0. The second-order valence-corrected chi connectivity index (χ2v) is 9.65. The molecule has 1 unspecified atom stereocenters. The molecule has 8 heteroatoms. The zero-order valence-electron chi connectivity index (χ0n) is 12.7. The topological polar surface area (TPSA) is 57.7 Å². The Morgan fingerprint density at radius 2 is 1.91 bits per heavy atom.